The summed E-state index contributed by atoms with van der Waals surface area (Å²) in [5.74, 6) is 1.38. The zero-order chi connectivity index (χ0) is 12.5. The summed E-state index contributed by atoms with van der Waals surface area (Å²) in [6.45, 7) is 5.88. The highest BCUT2D eigenvalue weighted by Gasteiger charge is 2.03. The molecule has 0 aromatic heterocycles. The lowest BCUT2D eigenvalue weighted by molar-refractivity contribution is 0.337. The Balaban J connectivity index is 2.56. The van der Waals surface area contributed by atoms with Gasteiger partial charge in [-0.25, -0.2) is 0 Å². The summed E-state index contributed by atoms with van der Waals surface area (Å²) in [4.78, 5) is 0. The van der Waals surface area contributed by atoms with E-state index in [4.69, 9.17) is 16.3 Å². The second-order valence-electron chi connectivity index (χ2n) is 4.02. The molecule has 0 saturated heterocycles. The number of halogens is 1. The van der Waals surface area contributed by atoms with Crippen LogP contribution in [0, 0.1) is 0 Å². The molecule has 0 radical (unpaired) electrons. The Hall–Kier alpha value is -0.890. The molecule has 1 rings (SSSR count). The van der Waals surface area contributed by atoms with Crippen molar-refractivity contribution in [3.8, 4) is 5.75 Å². The van der Waals surface area contributed by atoms with Crippen LogP contribution in [0.5, 0.6) is 5.75 Å². The van der Waals surface area contributed by atoms with Crippen molar-refractivity contribution < 1.29 is 4.74 Å². The Morgan fingerprint density at radius 1 is 1.24 bits per heavy atom. The average Bonchev–Trinajstić information content (AvgIpc) is 2.36. The number of nitrogens with one attached hydrogen (secondary N) is 1. The first-order chi connectivity index (χ1) is 8.31. The van der Waals surface area contributed by atoms with Crippen LogP contribution in [0.15, 0.2) is 18.2 Å². The van der Waals surface area contributed by atoms with E-state index in [0.717, 1.165) is 23.5 Å². The van der Waals surface area contributed by atoms with Gasteiger partial charge in [-0.05, 0) is 31.5 Å². The molecule has 0 unspecified atom stereocenters. The van der Waals surface area contributed by atoms with Crippen LogP contribution >= 0.6 is 11.6 Å². The Kier molecular flexibility index (Phi) is 6.87. The van der Waals surface area contributed by atoms with Crippen molar-refractivity contribution in [2.75, 3.05) is 18.5 Å². The van der Waals surface area contributed by atoms with Crippen molar-refractivity contribution in [1.82, 2.24) is 0 Å². The maximum atomic E-state index is 5.92. The summed E-state index contributed by atoms with van der Waals surface area (Å²) in [5, 5.41) is 3.41. The Morgan fingerprint density at radius 3 is 2.71 bits per heavy atom. The van der Waals surface area contributed by atoms with Gasteiger partial charge in [0.25, 0.3) is 0 Å². The number of ether oxygens (including phenoxy) is 1. The number of anilines is 1. The molecule has 0 aliphatic carbocycles. The number of benzene rings is 1. The van der Waals surface area contributed by atoms with Crippen molar-refractivity contribution in [2.24, 2.45) is 0 Å². The fourth-order valence-corrected chi connectivity index (χ4v) is 1.91. The van der Waals surface area contributed by atoms with Crippen molar-refractivity contribution in [3.05, 3.63) is 23.8 Å². The van der Waals surface area contributed by atoms with Gasteiger partial charge in [0.1, 0.15) is 5.75 Å². The van der Waals surface area contributed by atoms with E-state index in [9.17, 15) is 0 Å². The zero-order valence-corrected chi connectivity index (χ0v) is 11.5. The first kappa shape index (κ1) is 14.2. The van der Waals surface area contributed by atoms with E-state index in [1.807, 2.05) is 19.1 Å². The third kappa shape index (κ3) is 4.86. The van der Waals surface area contributed by atoms with Crippen molar-refractivity contribution >= 4 is 17.3 Å². The molecule has 1 aromatic carbocycles. The molecule has 0 heterocycles. The topological polar surface area (TPSA) is 21.3 Å². The quantitative estimate of drug-likeness (QED) is 0.548. The van der Waals surface area contributed by atoms with Gasteiger partial charge in [0, 0.05) is 17.8 Å². The van der Waals surface area contributed by atoms with Crippen LogP contribution < -0.4 is 10.1 Å². The molecule has 0 spiro atoms. The Morgan fingerprint density at radius 2 is 2.06 bits per heavy atom. The van der Waals surface area contributed by atoms with E-state index in [0.29, 0.717) is 12.5 Å². The van der Waals surface area contributed by atoms with E-state index in [-0.39, 0.29) is 0 Å². The minimum Gasteiger partial charge on any atom is -0.494 e. The Labute approximate surface area is 109 Å². The molecular formula is C14H22ClNO. The molecule has 2 nitrogen and oxygen atoms in total. The molecular weight excluding hydrogens is 234 g/mol. The van der Waals surface area contributed by atoms with Crippen LogP contribution in [0.3, 0.4) is 0 Å². The smallest absolute Gasteiger partial charge is 0.123 e. The molecule has 1 N–H and O–H groups in total. The van der Waals surface area contributed by atoms with E-state index in [1.54, 1.807) is 0 Å². The SMILES string of the molecule is CCCCCNc1ccc(OCC)c(CCl)c1. The van der Waals surface area contributed by atoms with Gasteiger partial charge < -0.3 is 10.1 Å². The molecule has 0 aliphatic rings. The van der Waals surface area contributed by atoms with Crippen LogP contribution in [-0.4, -0.2) is 13.2 Å². The highest BCUT2D eigenvalue weighted by atomic mass is 35.5. The fourth-order valence-electron chi connectivity index (χ4n) is 1.70. The number of alkyl halides is 1. The lowest BCUT2D eigenvalue weighted by Crippen LogP contribution is -2.02. The van der Waals surface area contributed by atoms with Crippen molar-refractivity contribution in [3.63, 3.8) is 0 Å². The van der Waals surface area contributed by atoms with E-state index >= 15 is 0 Å². The molecule has 96 valence electrons. The van der Waals surface area contributed by atoms with Crippen LogP contribution in [0.2, 0.25) is 0 Å². The summed E-state index contributed by atoms with van der Waals surface area (Å²) in [6, 6.07) is 6.11. The second kappa shape index (κ2) is 8.24. The molecule has 0 amide bonds. The number of hydrogen-bond acceptors (Lipinski definition) is 2. The third-order valence-electron chi connectivity index (χ3n) is 2.61. The molecule has 0 atom stereocenters. The van der Waals surface area contributed by atoms with Gasteiger partial charge in [0.05, 0.1) is 12.5 Å². The van der Waals surface area contributed by atoms with Gasteiger partial charge in [-0.15, -0.1) is 11.6 Å². The molecule has 17 heavy (non-hydrogen) atoms. The average molecular weight is 256 g/mol. The van der Waals surface area contributed by atoms with Crippen molar-refractivity contribution in [1.29, 1.82) is 0 Å². The minimum absolute atomic E-state index is 0.486. The normalized spacial score (nSPS) is 10.3. The van der Waals surface area contributed by atoms with E-state index in [2.05, 4.69) is 18.3 Å². The number of hydrogen-bond donors (Lipinski definition) is 1. The molecule has 0 fully saturated rings. The van der Waals surface area contributed by atoms with Gasteiger partial charge in [-0.1, -0.05) is 19.8 Å². The molecule has 1 aromatic rings. The van der Waals surface area contributed by atoms with Crippen LogP contribution in [0.4, 0.5) is 5.69 Å². The maximum absolute atomic E-state index is 5.92. The number of rotatable bonds is 8. The summed E-state index contributed by atoms with van der Waals surface area (Å²) in [5.41, 5.74) is 2.18. The standard InChI is InChI=1S/C14H22ClNO/c1-3-5-6-9-16-13-7-8-14(17-4-2)12(10-13)11-15/h7-8,10,16H,3-6,9,11H2,1-2H3. The predicted molar refractivity (Wildman–Crippen MR) is 75.2 cm³/mol. The zero-order valence-electron chi connectivity index (χ0n) is 10.8. The first-order valence-corrected chi connectivity index (χ1v) is 6.90. The van der Waals surface area contributed by atoms with Gasteiger partial charge >= 0.3 is 0 Å². The van der Waals surface area contributed by atoms with Crippen LogP contribution in [0.25, 0.3) is 0 Å². The second-order valence-corrected chi connectivity index (χ2v) is 4.29. The van der Waals surface area contributed by atoms with Crippen LogP contribution in [-0.2, 0) is 5.88 Å². The highest BCUT2D eigenvalue weighted by Crippen LogP contribution is 2.24. The van der Waals surface area contributed by atoms with E-state index in [1.165, 1.54) is 19.3 Å². The maximum Gasteiger partial charge on any atom is 0.123 e. The minimum atomic E-state index is 0.486. The summed E-state index contributed by atoms with van der Waals surface area (Å²) >= 11 is 5.92. The lowest BCUT2D eigenvalue weighted by Gasteiger charge is -2.11. The molecule has 3 heteroatoms. The molecule has 0 bridgehead atoms. The molecule has 0 aliphatic heterocycles. The van der Waals surface area contributed by atoms with Gasteiger partial charge in [0.15, 0.2) is 0 Å². The highest BCUT2D eigenvalue weighted by molar-refractivity contribution is 6.17. The van der Waals surface area contributed by atoms with Gasteiger partial charge in [-0.2, -0.15) is 0 Å². The third-order valence-corrected chi connectivity index (χ3v) is 2.90. The predicted octanol–water partition coefficient (Wildman–Crippen LogP) is 4.43. The van der Waals surface area contributed by atoms with Gasteiger partial charge in [-0.3, -0.25) is 0 Å². The van der Waals surface area contributed by atoms with Crippen molar-refractivity contribution in [2.45, 2.75) is 39.0 Å². The summed E-state index contributed by atoms with van der Waals surface area (Å²) in [6.07, 6.45) is 3.73. The summed E-state index contributed by atoms with van der Waals surface area (Å²) < 4.78 is 5.51. The largest absolute Gasteiger partial charge is 0.494 e. The number of unbranched alkanes of at least 4 members (excludes halogenated alkanes) is 2. The molecule has 0 saturated carbocycles. The van der Waals surface area contributed by atoms with Crippen LogP contribution in [0.1, 0.15) is 38.7 Å². The van der Waals surface area contributed by atoms with Gasteiger partial charge in [0.2, 0.25) is 0 Å². The monoisotopic (exact) mass is 255 g/mol. The lowest BCUT2D eigenvalue weighted by atomic mass is 10.2. The first-order valence-electron chi connectivity index (χ1n) is 6.37. The fraction of sp³-hybridized carbons (Fsp3) is 0.571. The van der Waals surface area contributed by atoms with E-state index < -0.39 is 0 Å². The Bertz CT molecular complexity index is 328. The summed E-state index contributed by atoms with van der Waals surface area (Å²) in [7, 11) is 0.